The standard InChI is InChI=1S/C11H13Cl2N2O/c1-3-15(2)11(16)14-7-8-5-4-6-9(12)10(8)13/h4-6H,1,3,7H2,2H3,(H,14,16). The highest BCUT2D eigenvalue weighted by molar-refractivity contribution is 6.42. The van der Waals surface area contributed by atoms with Crippen molar-refractivity contribution in [2.75, 3.05) is 13.6 Å². The Balaban J connectivity index is 2.61. The van der Waals surface area contributed by atoms with Gasteiger partial charge >= 0.3 is 6.03 Å². The van der Waals surface area contributed by atoms with Crippen molar-refractivity contribution in [3.8, 4) is 0 Å². The summed E-state index contributed by atoms with van der Waals surface area (Å²) in [6.45, 7) is 4.37. The van der Waals surface area contributed by atoms with Crippen LogP contribution in [0.15, 0.2) is 18.2 Å². The number of carbonyl (C=O) groups excluding carboxylic acids is 1. The van der Waals surface area contributed by atoms with Gasteiger partial charge in [0, 0.05) is 20.1 Å². The van der Waals surface area contributed by atoms with E-state index in [0.717, 1.165) is 5.56 Å². The second-order valence-electron chi connectivity index (χ2n) is 3.29. The zero-order chi connectivity index (χ0) is 12.1. The molecule has 3 nitrogen and oxygen atoms in total. The number of amides is 2. The zero-order valence-corrected chi connectivity index (χ0v) is 10.5. The van der Waals surface area contributed by atoms with Crippen LogP contribution in [-0.2, 0) is 6.54 Å². The van der Waals surface area contributed by atoms with Gasteiger partial charge in [0.1, 0.15) is 0 Å². The fourth-order valence-corrected chi connectivity index (χ4v) is 1.48. The zero-order valence-electron chi connectivity index (χ0n) is 8.96. The molecule has 16 heavy (non-hydrogen) atoms. The van der Waals surface area contributed by atoms with Crippen molar-refractivity contribution in [1.82, 2.24) is 10.2 Å². The summed E-state index contributed by atoms with van der Waals surface area (Å²) in [7, 11) is 1.67. The molecule has 0 saturated carbocycles. The first kappa shape index (κ1) is 13.1. The largest absolute Gasteiger partial charge is 0.334 e. The highest BCUT2D eigenvalue weighted by Crippen LogP contribution is 2.25. The molecule has 0 atom stereocenters. The Morgan fingerprint density at radius 1 is 1.50 bits per heavy atom. The molecule has 87 valence electrons. The monoisotopic (exact) mass is 259 g/mol. The van der Waals surface area contributed by atoms with Crippen molar-refractivity contribution in [2.45, 2.75) is 6.54 Å². The summed E-state index contributed by atoms with van der Waals surface area (Å²) in [6.07, 6.45) is 0. The lowest BCUT2D eigenvalue weighted by atomic mass is 10.2. The average molecular weight is 260 g/mol. The highest BCUT2D eigenvalue weighted by Gasteiger charge is 2.08. The number of carbonyl (C=O) groups is 1. The molecule has 0 heterocycles. The number of urea groups is 1. The Labute approximate surface area is 105 Å². The lowest BCUT2D eigenvalue weighted by Crippen LogP contribution is -2.36. The molecule has 1 N–H and O–H groups in total. The number of nitrogens with zero attached hydrogens (tertiary/aromatic N) is 1. The number of hydrogen-bond donors (Lipinski definition) is 1. The van der Waals surface area contributed by atoms with Crippen LogP contribution >= 0.6 is 23.2 Å². The van der Waals surface area contributed by atoms with Crippen LogP contribution in [0.5, 0.6) is 0 Å². The molecule has 0 aliphatic rings. The third kappa shape index (κ3) is 3.29. The van der Waals surface area contributed by atoms with E-state index in [0.29, 0.717) is 23.1 Å². The van der Waals surface area contributed by atoms with Crippen molar-refractivity contribution in [3.05, 3.63) is 40.7 Å². The van der Waals surface area contributed by atoms with Gasteiger partial charge in [-0.1, -0.05) is 35.3 Å². The Morgan fingerprint density at radius 3 is 2.81 bits per heavy atom. The lowest BCUT2D eigenvalue weighted by molar-refractivity contribution is 0.212. The maximum Gasteiger partial charge on any atom is 0.317 e. The Bertz CT molecular complexity index is 382. The van der Waals surface area contributed by atoms with Crippen molar-refractivity contribution in [3.63, 3.8) is 0 Å². The quantitative estimate of drug-likeness (QED) is 0.890. The third-order valence-corrected chi connectivity index (χ3v) is 3.00. The van der Waals surface area contributed by atoms with Crippen LogP contribution in [0.3, 0.4) is 0 Å². The fourth-order valence-electron chi connectivity index (χ4n) is 1.09. The van der Waals surface area contributed by atoms with Gasteiger partial charge in [-0.05, 0) is 18.6 Å². The van der Waals surface area contributed by atoms with E-state index in [1.807, 2.05) is 6.07 Å². The van der Waals surface area contributed by atoms with Gasteiger partial charge in [-0.2, -0.15) is 0 Å². The first-order valence-corrected chi connectivity index (χ1v) is 5.53. The molecule has 5 heteroatoms. The molecule has 2 amide bonds. The van der Waals surface area contributed by atoms with Crippen LogP contribution in [0.25, 0.3) is 0 Å². The molecule has 0 aliphatic carbocycles. The van der Waals surface area contributed by atoms with Gasteiger partial charge in [-0.15, -0.1) is 0 Å². The number of benzene rings is 1. The van der Waals surface area contributed by atoms with Crippen LogP contribution in [0, 0.1) is 6.92 Å². The minimum atomic E-state index is -0.189. The molecule has 1 aromatic carbocycles. The minimum Gasteiger partial charge on any atom is -0.334 e. The first-order valence-electron chi connectivity index (χ1n) is 4.77. The van der Waals surface area contributed by atoms with Crippen LogP contribution in [0.4, 0.5) is 4.79 Å². The van der Waals surface area contributed by atoms with E-state index in [9.17, 15) is 4.79 Å². The van der Waals surface area contributed by atoms with Crippen LogP contribution in [0.1, 0.15) is 5.56 Å². The molecule has 0 fully saturated rings. The molecule has 0 unspecified atom stereocenters. The molecule has 1 radical (unpaired) electrons. The molecular formula is C11H13Cl2N2O. The van der Waals surface area contributed by atoms with Crippen molar-refractivity contribution in [1.29, 1.82) is 0 Å². The molecular weight excluding hydrogens is 247 g/mol. The molecule has 1 rings (SSSR count). The van der Waals surface area contributed by atoms with Gasteiger partial charge in [0.15, 0.2) is 0 Å². The SMILES string of the molecule is [CH2]CN(C)C(=O)NCc1cccc(Cl)c1Cl. The Hall–Kier alpha value is -0.930. The van der Waals surface area contributed by atoms with Gasteiger partial charge in [0.2, 0.25) is 0 Å². The third-order valence-electron chi connectivity index (χ3n) is 2.14. The first-order chi connectivity index (χ1) is 7.56. The molecule has 0 bridgehead atoms. The number of rotatable bonds is 3. The van der Waals surface area contributed by atoms with Gasteiger partial charge in [-0.25, -0.2) is 4.79 Å². The Morgan fingerprint density at radius 2 is 2.19 bits per heavy atom. The van der Waals surface area contributed by atoms with Gasteiger partial charge in [0.25, 0.3) is 0 Å². The topological polar surface area (TPSA) is 32.3 Å². The summed E-state index contributed by atoms with van der Waals surface area (Å²) in [6, 6.07) is 5.13. The van der Waals surface area contributed by atoms with Crippen molar-refractivity contribution < 1.29 is 4.79 Å². The molecule has 0 aromatic heterocycles. The minimum absolute atomic E-state index is 0.189. The van der Waals surface area contributed by atoms with Crippen LogP contribution in [-0.4, -0.2) is 24.5 Å². The average Bonchev–Trinajstić information content (AvgIpc) is 2.29. The summed E-state index contributed by atoms with van der Waals surface area (Å²) in [5.41, 5.74) is 0.792. The van der Waals surface area contributed by atoms with Gasteiger partial charge in [-0.3, -0.25) is 0 Å². The van der Waals surface area contributed by atoms with E-state index in [2.05, 4.69) is 12.2 Å². The van der Waals surface area contributed by atoms with E-state index < -0.39 is 0 Å². The maximum atomic E-state index is 11.4. The summed E-state index contributed by atoms with van der Waals surface area (Å²) in [4.78, 5) is 12.9. The second-order valence-corrected chi connectivity index (χ2v) is 4.08. The number of nitrogens with one attached hydrogen (secondary N) is 1. The highest BCUT2D eigenvalue weighted by atomic mass is 35.5. The summed E-state index contributed by atoms with van der Waals surface area (Å²) >= 11 is 11.8. The molecule has 0 aliphatic heterocycles. The van der Waals surface area contributed by atoms with E-state index in [-0.39, 0.29) is 6.03 Å². The van der Waals surface area contributed by atoms with E-state index in [4.69, 9.17) is 23.2 Å². The summed E-state index contributed by atoms with van der Waals surface area (Å²) in [5.74, 6) is 0. The van der Waals surface area contributed by atoms with Gasteiger partial charge < -0.3 is 10.2 Å². The normalized spacial score (nSPS) is 10.0. The van der Waals surface area contributed by atoms with Crippen LogP contribution in [0.2, 0.25) is 10.0 Å². The summed E-state index contributed by atoms with van der Waals surface area (Å²) in [5, 5.41) is 3.68. The smallest absolute Gasteiger partial charge is 0.317 e. The predicted octanol–water partition coefficient (Wildman–Crippen LogP) is 2.97. The molecule has 0 saturated heterocycles. The lowest BCUT2D eigenvalue weighted by Gasteiger charge is -2.15. The van der Waals surface area contributed by atoms with Crippen molar-refractivity contribution >= 4 is 29.2 Å². The molecule has 0 spiro atoms. The van der Waals surface area contributed by atoms with E-state index in [1.54, 1.807) is 19.2 Å². The number of hydrogen-bond acceptors (Lipinski definition) is 1. The molecule has 1 aromatic rings. The van der Waals surface area contributed by atoms with Crippen molar-refractivity contribution in [2.24, 2.45) is 0 Å². The van der Waals surface area contributed by atoms with Gasteiger partial charge in [0.05, 0.1) is 10.0 Å². The maximum absolute atomic E-state index is 11.4. The number of halogens is 2. The Kier molecular flexibility index (Phi) is 4.90. The summed E-state index contributed by atoms with van der Waals surface area (Å²) < 4.78 is 0. The second kappa shape index (κ2) is 5.97. The predicted molar refractivity (Wildman–Crippen MR) is 66.7 cm³/mol. The fraction of sp³-hybridized carbons (Fsp3) is 0.273. The van der Waals surface area contributed by atoms with E-state index >= 15 is 0 Å². The van der Waals surface area contributed by atoms with Crippen LogP contribution < -0.4 is 5.32 Å². The van der Waals surface area contributed by atoms with E-state index in [1.165, 1.54) is 4.90 Å².